The van der Waals surface area contributed by atoms with E-state index in [1.54, 1.807) is 0 Å². The zero-order valence-corrected chi connectivity index (χ0v) is 11.6. The van der Waals surface area contributed by atoms with Gasteiger partial charge in [-0.1, -0.05) is 0 Å². The Morgan fingerprint density at radius 3 is 2.50 bits per heavy atom. The maximum absolute atomic E-state index is 12.0. The minimum Gasteiger partial charge on any atom is -0.381 e. The summed E-state index contributed by atoms with van der Waals surface area (Å²) in [6.07, 6.45) is 2.94. The van der Waals surface area contributed by atoms with Gasteiger partial charge in [-0.2, -0.15) is 0 Å². The van der Waals surface area contributed by atoms with Gasteiger partial charge in [0.1, 0.15) is 0 Å². The van der Waals surface area contributed by atoms with E-state index >= 15 is 0 Å². The monoisotopic (exact) mass is 247 g/mol. The van der Waals surface area contributed by atoms with Crippen molar-refractivity contribution in [3.8, 4) is 0 Å². The molecule has 3 nitrogen and oxygen atoms in total. The zero-order chi connectivity index (χ0) is 12.0. The normalized spacial score (nSPS) is 20.9. The number of nitrogens with one attached hydrogen (secondary N) is 1. The third-order valence-electron chi connectivity index (χ3n) is 2.72. The highest BCUT2D eigenvalue weighted by Gasteiger charge is 2.19. The first kappa shape index (κ1) is 14.1. The van der Waals surface area contributed by atoms with Crippen LogP contribution in [0.4, 0.5) is 0 Å². The molecule has 96 valence electrons. The van der Waals surface area contributed by atoms with E-state index in [-0.39, 0.29) is 5.54 Å². The number of ether oxygens (including phenoxy) is 1. The third kappa shape index (κ3) is 5.97. The molecule has 1 aliphatic heterocycles. The number of hydrogen-bond acceptors (Lipinski definition) is 3. The number of rotatable bonds is 5. The Balaban J connectivity index is 2.10. The highest BCUT2D eigenvalue weighted by Crippen LogP contribution is 2.13. The lowest BCUT2D eigenvalue weighted by Crippen LogP contribution is -2.37. The van der Waals surface area contributed by atoms with Crippen molar-refractivity contribution >= 4 is 10.8 Å². The summed E-state index contributed by atoms with van der Waals surface area (Å²) in [4.78, 5) is 0. The summed E-state index contributed by atoms with van der Waals surface area (Å²) in [7, 11) is -0.655. The molecule has 1 aliphatic rings. The maximum atomic E-state index is 12.0. The standard InChI is InChI=1S/C12H25NO2S/c1-12(2,3)13-7-4-10-16(14)11-5-8-15-9-6-11/h11,13H,4-10H2,1-3H3. The van der Waals surface area contributed by atoms with E-state index in [9.17, 15) is 4.21 Å². The fraction of sp³-hybridized carbons (Fsp3) is 1.00. The van der Waals surface area contributed by atoms with Crippen LogP contribution in [0.25, 0.3) is 0 Å². The Kier molecular flexibility index (Phi) is 5.94. The van der Waals surface area contributed by atoms with Gasteiger partial charge in [0, 0.05) is 40.6 Å². The molecule has 0 aromatic heterocycles. The van der Waals surface area contributed by atoms with E-state index < -0.39 is 10.8 Å². The Hall–Kier alpha value is 0.0700. The average molecular weight is 247 g/mol. The molecule has 0 saturated carbocycles. The minimum absolute atomic E-state index is 0.167. The second-order valence-electron chi connectivity index (χ2n) is 5.43. The Morgan fingerprint density at radius 2 is 1.94 bits per heavy atom. The summed E-state index contributed by atoms with van der Waals surface area (Å²) in [5.74, 6) is 0.827. The van der Waals surface area contributed by atoms with E-state index in [0.717, 1.165) is 44.8 Å². The molecule has 4 heteroatoms. The van der Waals surface area contributed by atoms with Crippen molar-refractivity contribution in [2.24, 2.45) is 0 Å². The van der Waals surface area contributed by atoms with Crippen molar-refractivity contribution in [2.45, 2.75) is 50.8 Å². The van der Waals surface area contributed by atoms with E-state index in [4.69, 9.17) is 4.74 Å². The summed E-state index contributed by atoms with van der Waals surface area (Å²) in [5, 5.41) is 3.80. The molecule has 0 bridgehead atoms. The lowest BCUT2D eigenvalue weighted by Gasteiger charge is -2.23. The van der Waals surface area contributed by atoms with Gasteiger partial charge in [0.2, 0.25) is 0 Å². The highest BCUT2D eigenvalue weighted by atomic mass is 32.2. The van der Waals surface area contributed by atoms with Crippen LogP contribution in [0, 0.1) is 0 Å². The van der Waals surface area contributed by atoms with E-state index in [0.29, 0.717) is 5.25 Å². The summed E-state index contributed by atoms with van der Waals surface area (Å²) in [5.41, 5.74) is 0.167. The van der Waals surface area contributed by atoms with E-state index in [2.05, 4.69) is 26.1 Å². The predicted molar refractivity (Wildman–Crippen MR) is 69.2 cm³/mol. The van der Waals surface area contributed by atoms with Gasteiger partial charge in [0.25, 0.3) is 0 Å². The average Bonchev–Trinajstić information content (AvgIpc) is 2.24. The van der Waals surface area contributed by atoms with Crippen molar-refractivity contribution in [1.82, 2.24) is 5.32 Å². The van der Waals surface area contributed by atoms with Crippen molar-refractivity contribution in [3.05, 3.63) is 0 Å². The van der Waals surface area contributed by atoms with Gasteiger partial charge in [-0.3, -0.25) is 4.21 Å². The molecule has 0 spiro atoms. The molecule has 1 atom stereocenters. The van der Waals surface area contributed by atoms with E-state index in [1.165, 1.54) is 0 Å². The summed E-state index contributed by atoms with van der Waals surface area (Å²) >= 11 is 0. The van der Waals surface area contributed by atoms with Crippen LogP contribution in [0.2, 0.25) is 0 Å². The Morgan fingerprint density at radius 1 is 1.31 bits per heavy atom. The number of hydrogen-bond donors (Lipinski definition) is 1. The second-order valence-corrected chi connectivity index (χ2v) is 7.26. The predicted octanol–water partition coefficient (Wildman–Crippen LogP) is 1.69. The van der Waals surface area contributed by atoms with Crippen molar-refractivity contribution in [1.29, 1.82) is 0 Å². The van der Waals surface area contributed by atoms with E-state index in [1.807, 2.05) is 0 Å². The van der Waals surface area contributed by atoms with Crippen LogP contribution in [0.5, 0.6) is 0 Å². The first-order valence-electron chi connectivity index (χ1n) is 6.19. The first-order chi connectivity index (χ1) is 7.49. The molecular weight excluding hydrogens is 222 g/mol. The Labute approximate surface area is 102 Å². The second kappa shape index (κ2) is 6.72. The molecule has 1 N–H and O–H groups in total. The fourth-order valence-electron chi connectivity index (χ4n) is 1.78. The van der Waals surface area contributed by atoms with Crippen LogP contribution < -0.4 is 5.32 Å². The first-order valence-corrected chi connectivity index (χ1v) is 7.57. The van der Waals surface area contributed by atoms with Crippen molar-refractivity contribution < 1.29 is 8.95 Å². The summed E-state index contributed by atoms with van der Waals surface area (Å²) in [6, 6.07) is 0. The molecule has 0 amide bonds. The van der Waals surface area contributed by atoms with Crippen LogP contribution in [0.1, 0.15) is 40.0 Å². The van der Waals surface area contributed by atoms with Crippen molar-refractivity contribution in [3.63, 3.8) is 0 Å². The van der Waals surface area contributed by atoms with Crippen LogP contribution in [0.3, 0.4) is 0 Å². The van der Waals surface area contributed by atoms with Gasteiger partial charge in [-0.25, -0.2) is 0 Å². The molecular formula is C12H25NO2S. The van der Waals surface area contributed by atoms with Crippen LogP contribution in [-0.4, -0.2) is 40.5 Å². The molecule has 0 radical (unpaired) electrons. The lowest BCUT2D eigenvalue weighted by atomic mass is 10.1. The van der Waals surface area contributed by atoms with Gasteiger partial charge in [0.05, 0.1) is 0 Å². The third-order valence-corrected chi connectivity index (χ3v) is 4.62. The van der Waals surface area contributed by atoms with Gasteiger partial charge < -0.3 is 10.1 Å². The smallest absolute Gasteiger partial charge is 0.0477 e. The highest BCUT2D eigenvalue weighted by molar-refractivity contribution is 7.85. The molecule has 1 fully saturated rings. The Bertz CT molecular complexity index is 220. The fourth-order valence-corrected chi connectivity index (χ4v) is 3.26. The summed E-state index contributed by atoms with van der Waals surface area (Å²) in [6.45, 7) is 9.00. The van der Waals surface area contributed by atoms with Gasteiger partial charge in [-0.05, 0) is 46.6 Å². The van der Waals surface area contributed by atoms with Crippen LogP contribution >= 0.6 is 0 Å². The quantitative estimate of drug-likeness (QED) is 0.751. The molecule has 1 rings (SSSR count). The van der Waals surface area contributed by atoms with Crippen LogP contribution in [0.15, 0.2) is 0 Å². The summed E-state index contributed by atoms with van der Waals surface area (Å²) < 4.78 is 17.2. The molecule has 1 heterocycles. The molecule has 0 aromatic carbocycles. The lowest BCUT2D eigenvalue weighted by molar-refractivity contribution is 0.0992. The largest absolute Gasteiger partial charge is 0.381 e. The zero-order valence-electron chi connectivity index (χ0n) is 10.8. The van der Waals surface area contributed by atoms with Crippen molar-refractivity contribution in [2.75, 3.05) is 25.5 Å². The van der Waals surface area contributed by atoms with Gasteiger partial charge in [-0.15, -0.1) is 0 Å². The van der Waals surface area contributed by atoms with Gasteiger partial charge in [0.15, 0.2) is 0 Å². The molecule has 16 heavy (non-hydrogen) atoms. The molecule has 0 aliphatic carbocycles. The maximum Gasteiger partial charge on any atom is 0.0477 e. The molecule has 1 unspecified atom stereocenters. The molecule has 1 saturated heterocycles. The minimum atomic E-state index is -0.655. The molecule has 0 aromatic rings. The van der Waals surface area contributed by atoms with Gasteiger partial charge >= 0.3 is 0 Å². The topological polar surface area (TPSA) is 38.3 Å². The SMILES string of the molecule is CC(C)(C)NCCCS(=O)C1CCOCC1. The van der Waals surface area contributed by atoms with Crippen LogP contribution in [-0.2, 0) is 15.5 Å².